The molecule has 7 nitrogen and oxygen atoms in total. The van der Waals surface area contributed by atoms with Crippen LogP contribution in [-0.2, 0) is 15.6 Å². The summed E-state index contributed by atoms with van der Waals surface area (Å²) in [6, 6.07) is 6.73. The zero-order valence-electron chi connectivity index (χ0n) is 13.0. The molecule has 0 aliphatic carbocycles. The third kappa shape index (κ3) is 2.91. The quantitative estimate of drug-likeness (QED) is 0.691. The van der Waals surface area contributed by atoms with E-state index >= 15 is 0 Å². The molecule has 1 atom stereocenters. The van der Waals surface area contributed by atoms with E-state index in [1.54, 1.807) is 36.6 Å². The second kappa shape index (κ2) is 6.17. The third-order valence-corrected chi connectivity index (χ3v) is 6.28. The number of nitrogens with one attached hydrogen (secondary N) is 1. The molecule has 0 saturated heterocycles. The molecule has 3 aromatic rings. The Morgan fingerprint density at radius 2 is 2.12 bits per heavy atom. The second-order valence-electron chi connectivity index (χ2n) is 5.29. The van der Waals surface area contributed by atoms with Crippen molar-refractivity contribution in [3.63, 3.8) is 0 Å². The molecule has 0 aliphatic rings. The molecule has 3 heterocycles. The maximum Gasteiger partial charge on any atom is 0.246 e. The first-order valence-electron chi connectivity index (χ1n) is 7.07. The van der Waals surface area contributed by atoms with Gasteiger partial charge in [0.1, 0.15) is 16.3 Å². The third-order valence-electron chi connectivity index (χ3n) is 3.61. The Balaban J connectivity index is 1.93. The van der Waals surface area contributed by atoms with Crippen LogP contribution in [0.2, 0.25) is 0 Å². The van der Waals surface area contributed by atoms with Gasteiger partial charge in [0.25, 0.3) is 0 Å². The summed E-state index contributed by atoms with van der Waals surface area (Å²) in [6.07, 6.45) is 1.43. The lowest BCUT2D eigenvalue weighted by Crippen LogP contribution is -2.41. The van der Waals surface area contributed by atoms with E-state index in [-0.39, 0.29) is 28.7 Å². The molecule has 128 valence electrons. The van der Waals surface area contributed by atoms with Crippen molar-refractivity contribution in [3.05, 3.63) is 58.0 Å². The van der Waals surface area contributed by atoms with Crippen LogP contribution in [0.4, 0.5) is 0 Å². The van der Waals surface area contributed by atoms with Crippen LogP contribution in [0.3, 0.4) is 0 Å². The van der Waals surface area contributed by atoms with Crippen molar-refractivity contribution in [2.24, 2.45) is 0 Å². The molecule has 3 rings (SSSR count). The molecule has 2 N–H and O–H groups in total. The Kier molecular flexibility index (Phi) is 4.35. The highest BCUT2D eigenvalue weighted by Gasteiger charge is 2.38. The van der Waals surface area contributed by atoms with Crippen LogP contribution in [0.5, 0.6) is 0 Å². The Hall–Kier alpha value is -1.94. The maximum atomic E-state index is 12.6. The summed E-state index contributed by atoms with van der Waals surface area (Å²) in [4.78, 5) is 0.550. The highest BCUT2D eigenvalue weighted by atomic mass is 32.2. The number of hydrogen-bond donors (Lipinski definition) is 2. The van der Waals surface area contributed by atoms with Gasteiger partial charge in [-0.1, -0.05) is 11.2 Å². The minimum absolute atomic E-state index is 0.0181. The minimum Gasteiger partial charge on any atom is -0.466 e. The lowest BCUT2D eigenvalue weighted by atomic mass is 9.99. The zero-order valence-corrected chi connectivity index (χ0v) is 14.6. The fraction of sp³-hybridized carbons (Fsp3) is 0.267. The average molecular weight is 368 g/mol. The largest absolute Gasteiger partial charge is 0.466 e. The van der Waals surface area contributed by atoms with Crippen LogP contribution in [0.1, 0.15) is 22.1 Å². The molecule has 0 aliphatic heterocycles. The summed E-state index contributed by atoms with van der Waals surface area (Å²) < 4.78 is 37.8. The minimum atomic E-state index is -3.90. The molecule has 3 aromatic heterocycles. The van der Waals surface area contributed by atoms with Gasteiger partial charge in [-0.3, -0.25) is 0 Å². The van der Waals surface area contributed by atoms with Gasteiger partial charge in [-0.15, -0.1) is 11.3 Å². The normalized spacial score (nSPS) is 14.6. The monoisotopic (exact) mass is 368 g/mol. The molecular weight excluding hydrogens is 352 g/mol. The Morgan fingerprint density at radius 3 is 2.67 bits per heavy atom. The van der Waals surface area contributed by atoms with E-state index in [0.29, 0.717) is 4.88 Å². The number of aromatic nitrogens is 1. The van der Waals surface area contributed by atoms with E-state index in [0.717, 1.165) is 0 Å². The molecule has 0 radical (unpaired) electrons. The Labute approximate surface area is 143 Å². The first-order chi connectivity index (χ1) is 11.3. The van der Waals surface area contributed by atoms with Crippen LogP contribution in [0.25, 0.3) is 0 Å². The SMILES string of the molecule is Cc1noc(C)c1S(=O)(=O)NCC(O)(c1ccco1)c1cccs1. The van der Waals surface area contributed by atoms with E-state index in [9.17, 15) is 13.5 Å². The number of sulfonamides is 1. The molecule has 0 fully saturated rings. The average Bonchev–Trinajstić information content (AvgIpc) is 3.27. The summed E-state index contributed by atoms with van der Waals surface area (Å²) in [5.74, 6) is 0.448. The first-order valence-corrected chi connectivity index (χ1v) is 9.44. The molecule has 0 saturated carbocycles. The van der Waals surface area contributed by atoms with Crippen molar-refractivity contribution in [1.82, 2.24) is 9.88 Å². The van der Waals surface area contributed by atoms with Gasteiger partial charge < -0.3 is 14.0 Å². The van der Waals surface area contributed by atoms with Gasteiger partial charge in [0, 0.05) is 4.88 Å². The van der Waals surface area contributed by atoms with E-state index < -0.39 is 15.6 Å². The van der Waals surface area contributed by atoms with Gasteiger partial charge in [0.2, 0.25) is 10.0 Å². The molecular formula is C15H16N2O5S2. The van der Waals surface area contributed by atoms with Crippen LogP contribution in [-0.4, -0.2) is 25.2 Å². The standard InChI is InChI=1S/C15H16N2O5S2/c1-10-14(11(2)22-17-10)24(19,20)16-9-15(18,12-5-3-7-21-12)13-6-4-8-23-13/h3-8,16,18H,9H2,1-2H3. The van der Waals surface area contributed by atoms with Gasteiger partial charge in [0.05, 0.1) is 12.8 Å². The number of furan rings is 1. The highest BCUT2D eigenvalue weighted by Crippen LogP contribution is 2.33. The van der Waals surface area contributed by atoms with E-state index in [1.807, 2.05) is 0 Å². The second-order valence-corrected chi connectivity index (χ2v) is 7.94. The number of aryl methyl sites for hydroxylation is 2. The van der Waals surface area contributed by atoms with Crippen molar-refractivity contribution in [2.45, 2.75) is 24.3 Å². The highest BCUT2D eigenvalue weighted by molar-refractivity contribution is 7.89. The molecule has 1 unspecified atom stereocenters. The molecule has 0 spiro atoms. The van der Waals surface area contributed by atoms with Crippen molar-refractivity contribution >= 4 is 21.4 Å². The smallest absolute Gasteiger partial charge is 0.246 e. The lowest BCUT2D eigenvalue weighted by molar-refractivity contribution is 0.0655. The predicted molar refractivity (Wildman–Crippen MR) is 87.2 cm³/mol. The van der Waals surface area contributed by atoms with Gasteiger partial charge in [0.15, 0.2) is 11.4 Å². The zero-order chi connectivity index (χ0) is 17.4. The topological polar surface area (TPSA) is 106 Å². The predicted octanol–water partition coefficient (Wildman–Crippen LogP) is 2.16. The van der Waals surface area contributed by atoms with E-state index in [4.69, 9.17) is 8.94 Å². The number of hydrogen-bond acceptors (Lipinski definition) is 7. The van der Waals surface area contributed by atoms with Crippen LogP contribution in [0.15, 0.2) is 49.7 Å². The fourth-order valence-corrected chi connectivity index (χ4v) is 4.67. The van der Waals surface area contributed by atoms with Crippen molar-refractivity contribution in [1.29, 1.82) is 0 Å². The molecule has 0 bridgehead atoms. The van der Waals surface area contributed by atoms with Crippen LogP contribution >= 0.6 is 11.3 Å². The Bertz CT molecular complexity index is 858. The Morgan fingerprint density at radius 1 is 1.33 bits per heavy atom. The molecule has 24 heavy (non-hydrogen) atoms. The van der Waals surface area contributed by atoms with Gasteiger partial charge >= 0.3 is 0 Å². The maximum absolute atomic E-state index is 12.6. The van der Waals surface area contributed by atoms with E-state index in [1.165, 1.54) is 24.5 Å². The summed E-state index contributed by atoms with van der Waals surface area (Å²) in [5, 5.41) is 16.5. The number of nitrogens with zero attached hydrogens (tertiary/aromatic N) is 1. The fourth-order valence-electron chi connectivity index (χ4n) is 2.45. The van der Waals surface area contributed by atoms with Crippen molar-refractivity contribution < 1.29 is 22.5 Å². The summed E-state index contributed by atoms with van der Waals surface area (Å²) in [5.41, 5.74) is -1.35. The number of rotatable bonds is 6. The lowest BCUT2D eigenvalue weighted by Gasteiger charge is -2.25. The molecule has 0 amide bonds. The van der Waals surface area contributed by atoms with E-state index in [2.05, 4.69) is 9.88 Å². The number of aliphatic hydroxyl groups is 1. The van der Waals surface area contributed by atoms with Gasteiger partial charge in [-0.25, -0.2) is 13.1 Å². The van der Waals surface area contributed by atoms with Crippen molar-refractivity contribution in [3.8, 4) is 0 Å². The number of thiophene rings is 1. The summed E-state index contributed by atoms with van der Waals surface area (Å²) >= 11 is 1.31. The first kappa shape index (κ1) is 16.9. The molecule has 0 aromatic carbocycles. The van der Waals surface area contributed by atoms with Gasteiger partial charge in [-0.2, -0.15) is 0 Å². The van der Waals surface area contributed by atoms with Gasteiger partial charge in [-0.05, 0) is 37.4 Å². The van der Waals surface area contributed by atoms with Crippen LogP contribution in [0, 0.1) is 13.8 Å². The summed E-state index contributed by atoms with van der Waals surface area (Å²) in [7, 11) is -3.90. The van der Waals surface area contributed by atoms with Crippen LogP contribution < -0.4 is 4.72 Å². The summed E-state index contributed by atoms with van der Waals surface area (Å²) in [6.45, 7) is 2.78. The molecule has 9 heteroatoms. The van der Waals surface area contributed by atoms with Crippen molar-refractivity contribution in [2.75, 3.05) is 6.54 Å².